The maximum Gasteiger partial charge on any atom is 0.0195 e. The lowest BCUT2D eigenvalue weighted by molar-refractivity contribution is 0.268. The number of nitrogens with two attached hydrogens (primary N) is 1. The second kappa shape index (κ2) is 15.8. The third-order valence-corrected chi connectivity index (χ3v) is 4.72. The van der Waals surface area contributed by atoms with Crippen LogP contribution in [0, 0.1) is 5.92 Å². The van der Waals surface area contributed by atoms with Crippen molar-refractivity contribution < 1.29 is 0 Å². The molecule has 0 bridgehead atoms. The van der Waals surface area contributed by atoms with E-state index >= 15 is 0 Å². The van der Waals surface area contributed by atoms with Crippen molar-refractivity contribution in [2.45, 2.75) is 97.6 Å². The molecule has 134 valence electrons. The van der Waals surface area contributed by atoms with Crippen LogP contribution in [0.3, 0.4) is 0 Å². The predicted molar refractivity (Wildman–Crippen MR) is 100 cm³/mol. The highest BCUT2D eigenvalue weighted by Crippen LogP contribution is 2.20. The van der Waals surface area contributed by atoms with Crippen LogP contribution in [-0.2, 0) is 0 Å². The summed E-state index contributed by atoms with van der Waals surface area (Å²) in [5, 5.41) is 7.50. The van der Waals surface area contributed by atoms with E-state index in [1.54, 1.807) is 0 Å². The molecule has 0 fully saturated rings. The van der Waals surface area contributed by atoms with Gasteiger partial charge in [-0.15, -0.1) is 0 Å². The molecule has 0 rings (SSSR count). The highest BCUT2D eigenvalue weighted by molar-refractivity contribution is 4.81. The van der Waals surface area contributed by atoms with Gasteiger partial charge in [0, 0.05) is 18.6 Å². The van der Waals surface area contributed by atoms with Gasteiger partial charge >= 0.3 is 0 Å². The summed E-state index contributed by atoms with van der Waals surface area (Å²) in [7, 11) is 0. The zero-order chi connectivity index (χ0) is 16.6. The molecule has 3 unspecified atom stereocenters. The van der Waals surface area contributed by atoms with Crippen LogP contribution in [0.5, 0.6) is 0 Å². The van der Waals surface area contributed by atoms with Gasteiger partial charge in [0.05, 0.1) is 0 Å². The van der Waals surface area contributed by atoms with E-state index < -0.39 is 0 Å². The van der Waals surface area contributed by atoms with Crippen molar-refractivity contribution >= 4 is 0 Å². The van der Waals surface area contributed by atoms with Crippen molar-refractivity contribution in [3.05, 3.63) is 0 Å². The Morgan fingerprint density at radius 2 is 1.59 bits per heavy atom. The summed E-state index contributed by atoms with van der Waals surface area (Å²) in [6, 6.07) is 1.23. The average Bonchev–Trinajstić information content (AvgIpc) is 2.54. The highest BCUT2D eigenvalue weighted by atomic mass is 15.0. The molecule has 0 aromatic rings. The molecule has 0 aliphatic carbocycles. The summed E-state index contributed by atoms with van der Waals surface area (Å²) in [4.78, 5) is 0. The van der Waals surface area contributed by atoms with E-state index in [-0.39, 0.29) is 0 Å². The maximum atomic E-state index is 5.86. The van der Waals surface area contributed by atoms with E-state index in [9.17, 15) is 0 Å². The Kier molecular flexibility index (Phi) is 15.7. The van der Waals surface area contributed by atoms with Gasteiger partial charge in [-0.2, -0.15) is 0 Å². The normalized spacial score (nSPS) is 15.7. The monoisotopic (exact) mass is 313 g/mol. The van der Waals surface area contributed by atoms with E-state index in [2.05, 4.69) is 38.3 Å². The van der Waals surface area contributed by atoms with Gasteiger partial charge in [0.1, 0.15) is 0 Å². The highest BCUT2D eigenvalue weighted by Gasteiger charge is 2.21. The minimum Gasteiger partial charge on any atom is -0.330 e. The lowest BCUT2D eigenvalue weighted by Crippen LogP contribution is -2.47. The number of likely N-dealkylation sites (N-methyl/N-ethyl adjacent to an activating group) is 1. The van der Waals surface area contributed by atoms with E-state index in [0.717, 1.165) is 32.0 Å². The molecule has 4 N–H and O–H groups in total. The Balaban J connectivity index is 4.52. The molecular formula is C19H43N3. The lowest BCUT2D eigenvalue weighted by Gasteiger charge is -2.32. The Hall–Kier alpha value is -0.120. The fourth-order valence-electron chi connectivity index (χ4n) is 3.32. The maximum absolute atomic E-state index is 5.86. The quantitative estimate of drug-likeness (QED) is 0.377. The topological polar surface area (TPSA) is 50.1 Å². The molecule has 3 atom stereocenters. The first-order valence-electron chi connectivity index (χ1n) is 9.90. The molecule has 0 amide bonds. The van der Waals surface area contributed by atoms with Crippen LogP contribution in [0.2, 0.25) is 0 Å². The first-order chi connectivity index (χ1) is 10.7. The van der Waals surface area contributed by atoms with Crippen LogP contribution in [-0.4, -0.2) is 31.7 Å². The fourth-order valence-corrected chi connectivity index (χ4v) is 3.32. The molecule has 0 heterocycles. The molecular weight excluding hydrogens is 270 g/mol. The van der Waals surface area contributed by atoms with E-state index in [1.807, 2.05) is 0 Å². The third kappa shape index (κ3) is 10.6. The van der Waals surface area contributed by atoms with Crippen LogP contribution in [0.4, 0.5) is 0 Å². The van der Waals surface area contributed by atoms with Gasteiger partial charge in [0.25, 0.3) is 0 Å². The first kappa shape index (κ1) is 21.9. The van der Waals surface area contributed by atoms with Gasteiger partial charge in [0.2, 0.25) is 0 Å². The lowest BCUT2D eigenvalue weighted by atomic mass is 9.88. The number of nitrogens with one attached hydrogen (secondary N) is 2. The van der Waals surface area contributed by atoms with Crippen LogP contribution in [0.25, 0.3) is 0 Å². The standard InChI is InChI=1S/C19H43N3/c1-5-9-11-13-18(16-21-8-4)22-19(7-3)17(14-15-20)12-10-6-2/h17-19,21-22H,5-16,20H2,1-4H3. The minimum absolute atomic E-state index is 0.610. The van der Waals surface area contributed by atoms with Crippen molar-refractivity contribution in [3.8, 4) is 0 Å². The molecule has 0 aliphatic rings. The van der Waals surface area contributed by atoms with Crippen molar-refractivity contribution in [3.63, 3.8) is 0 Å². The Labute approximate surface area is 140 Å². The molecule has 3 nitrogen and oxygen atoms in total. The Morgan fingerprint density at radius 1 is 0.864 bits per heavy atom. The Morgan fingerprint density at radius 3 is 2.14 bits per heavy atom. The number of unbranched alkanes of at least 4 members (excludes halogenated alkanes) is 3. The van der Waals surface area contributed by atoms with Crippen LogP contribution < -0.4 is 16.4 Å². The van der Waals surface area contributed by atoms with Gasteiger partial charge < -0.3 is 16.4 Å². The molecule has 3 heteroatoms. The Bertz CT molecular complexity index is 221. The summed E-state index contributed by atoms with van der Waals surface area (Å²) < 4.78 is 0. The smallest absolute Gasteiger partial charge is 0.0195 e. The summed E-state index contributed by atoms with van der Waals surface area (Å²) in [6.07, 6.45) is 11.6. The zero-order valence-electron chi connectivity index (χ0n) is 15.8. The molecule has 0 aromatic carbocycles. The predicted octanol–water partition coefficient (Wildman–Crippen LogP) is 4.07. The average molecular weight is 314 g/mol. The van der Waals surface area contributed by atoms with Crippen molar-refractivity contribution in [2.24, 2.45) is 11.7 Å². The summed E-state index contributed by atoms with van der Waals surface area (Å²) in [6.45, 7) is 12.1. The van der Waals surface area contributed by atoms with Crippen LogP contribution in [0.15, 0.2) is 0 Å². The van der Waals surface area contributed by atoms with E-state index in [0.29, 0.717) is 12.1 Å². The molecule has 0 radical (unpaired) electrons. The second-order valence-corrected chi connectivity index (χ2v) is 6.66. The molecule has 22 heavy (non-hydrogen) atoms. The fraction of sp³-hybridized carbons (Fsp3) is 1.00. The van der Waals surface area contributed by atoms with Crippen LogP contribution >= 0.6 is 0 Å². The summed E-state index contributed by atoms with van der Waals surface area (Å²) >= 11 is 0. The molecule has 0 spiro atoms. The first-order valence-corrected chi connectivity index (χ1v) is 9.90. The third-order valence-electron chi connectivity index (χ3n) is 4.72. The van der Waals surface area contributed by atoms with E-state index in [1.165, 1.54) is 51.4 Å². The van der Waals surface area contributed by atoms with Crippen LogP contribution in [0.1, 0.15) is 85.5 Å². The molecule has 0 saturated heterocycles. The number of hydrogen-bond donors (Lipinski definition) is 3. The van der Waals surface area contributed by atoms with Gasteiger partial charge in [-0.05, 0) is 44.7 Å². The number of hydrogen-bond acceptors (Lipinski definition) is 3. The van der Waals surface area contributed by atoms with Gasteiger partial charge in [-0.3, -0.25) is 0 Å². The number of rotatable bonds is 16. The molecule has 0 aromatic heterocycles. The SMILES string of the molecule is CCCCCC(CNCC)NC(CC)C(CCN)CCCC. The van der Waals surface area contributed by atoms with Crippen molar-refractivity contribution in [1.29, 1.82) is 0 Å². The molecule has 0 aliphatic heterocycles. The summed E-state index contributed by atoms with van der Waals surface area (Å²) in [5.41, 5.74) is 5.86. The van der Waals surface area contributed by atoms with Crippen molar-refractivity contribution in [1.82, 2.24) is 10.6 Å². The van der Waals surface area contributed by atoms with Gasteiger partial charge in [0.15, 0.2) is 0 Å². The van der Waals surface area contributed by atoms with Crippen molar-refractivity contribution in [2.75, 3.05) is 19.6 Å². The van der Waals surface area contributed by atoms with Gasteiger partial charge in [-0.25, -0.2) is 0 Å². The largest absolute Gasteiger partial charge is 0.330 e. The summed E-state index contributed by atoms with van der Waals surface area (Å²) in [5.74, 6) is 0.741. The zero-order valence-corrected chi connectivity index (χ0v) is 15.8. The van der Waals surface area contributed by atoms with Gasteiger partial charge in [-0.1, -0.05) is 59.8 Å². The second-order valence-electron chi connectivity index (χ2n) is 6.66. The van der Waals surface area contributed by atoms with E-state index in [4.69, 9.17) is 5.73 Å². The minimum atomic E-state index is 0.610. The molecule has 0 saturated carbocycles.